The van der Waals surface area contributed by atoms with Crippen molar-refractivity contribution in [2.24, 2.45) is 5.10 Å². The molecule has 6 nitrogen and oxygen atoms in total. The zero-order valence-electron chi connectivity index (χ0n) is 13.5. The number of hydrazone groups is 1. The molecule has 2 N–H and O–H groups in total. The van der Waals surface area contributed by atoms with Crippen molar-refractivity contribution < 1.29 is 14.3 Å². The largest absolute Gasteiger partial charge is 0.496 e. The lowest BCUT2D eigenvalue weighted by Crippen LogP contribution is -2.32. The van der Waals surface area contributed by atoms with Gasteiger partial charge < -0.3 is 10.1 Å². The number of methoxy groups -OCH3 is 1. The second-order valence-electron chi connectivity index (χ2n) is 5.00. The third-order valence-electron chi connectivity index (χ3n) is 3.20. The monoisotopic (exact) mass is 379 g/mol. The van der Waals surface area contributed by atoms with Crippen LogP contribution < -0.4 is 15.5 Å². The molecule has 0 saturated carbocycles. The number of hydrogen-bond acceptors (Lipinski definition) is 4. The summed E-state index contributed by atoms with van der Waals surface area (Å²) in [6.45, 7) is 1.83. The van der Waals surface area contributed by atoms with Crippen LogP contribution in [0.4, 0.5) is 5.69 Å². The predicted molar refractivity (Wildman–Crippen MR) is 98.6 cm³/mol. The maximum absolute atomic E-state index is 11.8. The molecule has 8 heteroatoms. The van der Waals surface area contributed by atoms with Crippen LogP contribution >= 0.6 is 23.2 Å². The summed E-state index contributed by atoms with van der Waals surface area (Å²) in [5, 5.41) is 7.15. The Labute approximate surface area is 154 Å². The average Bonchev–Trinajstić information content (AvgIpc) is 2.58. The Balaban J connectivity index is 1.98. The number of carbonyl (C=O) groups is 2. The summed E-state index contributed by atoms with van der Waals surface area (Å²) >= 11 is 11.9. The first-order chi connectivity index (χ1) is 11.9. The van der Waals surface area contributed by atoms with Crippen LogP contribution in [0.15, 0.2) is 41.5 Å². The van der Waals surface area contributed by atoms with E-state index in [4.69, 9.17) is 27.9 Å². The number of nitrogens with one attached hydrogen (secondary N) is 2. The van der Waals surface area contributed by atoms with E-state index in [-0.39, 0.29) is 0 Å². The third-order valence-corrected chi connectivity index (χ3v) is 3.84. The number of nitrogens with zero attached hydrogens (tertiary/aromatic N) is 1. The minimum Gasteiger partial charge on any atom is -0.496 e. The summed E-state index contributed by atoms with van der Waals surface area (Å²) in [5.41, 5.74) is 3.97. The summed E-state index contributed by atoms with van der Waals surface area (Å²) < 4.78 is 5.15. The molecule has 2 amide bonds. The molecule has 2 aromatic carbocycles. The first kappa shape index (κ1) is 18.8. The molecule has 0 bridgehead atoms. The van der Waals surface area contributed by atoms with Gasteiger partial charge in [-0.25, -0.2) is 5.43 Å². The molecule has 130 valence electrons. The van der Waals surface area contributed by atoms with E-state index in [2.05, 4.69) is 15.8 Å². The van der Waals surface area contributed by atoms with Gasteiger partial charge in [-0.3, -0.25) is 9.59 Å². The smallest absolute Gasteiger partial charge is 0.329 e. The molecule has 0 atom stereocenters. The number of anilines is 1. The van der Waals surface area contributed by atoms with Crippen molar-refractivity contribution in [2.75, 3.05) is 12.4 Å². The second-order valence-corrected chi connectivity index (χ2v) is 5.85. The van der Waals surface area contributed by atoms with Crippen molar-refractivity contribution in [3.8, 4) is 5.75 Å². The van der Waals surface area contributed by atoms with Gasteiger partial charge in [-0.1, -0.05) is 29.3 Å². The maximum Gasteiger partial charge on any atom is 0.329 e. The Kier molecular flexibility index (Phi) is 6.38. The highest BCUT2D eigenvalue weighted by atomic mass is 35.5. The highest BCUT2D eigenvalue weighted by Gasteiger charge is 2.13. The van der Waals surface area contributed by atoms with Gasteiger partial charge in [0.1, 0.15) is 5.75 Å². The molecule has 2 aromatic rings. The van der Waals surface area contributed by atoms with E-state index >= 15 is 0 Å². The van der Waals surface area contributed by atoms with Crippen molar-refractivity contribution in [3.05, 3.63) is 57.6 Å². The highest BCUT2D eigenvalue weighted by Crippen LogP contribution is 2.21. The SMILES string of the molecule is COc1ccc(Cl)cc1/C=N\NC(=O)C(=O)Nc1ccc(C)c(Cl)c1. The van der Waals surface area contributed by atoms with Gasteiger partial charge in [-0.05, 0) is 42.8 Å². The third kappa shape index (κ3) is 5.20. The Hall–Kier alpha value is -2.57. The highest BCUT2D eigenvalue weighted by molar-refractivity contribution is 6.40. The summed E-state index contributed by atoms with van der Waals surface area (Å²) in [6, 6.07) is 9.88. The number of aryl methyl sites for hydroxylation is 1. The van der Waals surface area contributed by atoms with E-state index in [0.29, 0.717) is 27.0 Å². The molecule has 0 saturated heterocycles. The Morgan fingerprint density at radius 3 is 2.56 bits per heavy atom. The van der Waals surface area contributed by atoms with Crippen LogP contribution in [-0.2, 0) is 9.59 Å². The molecule has 2 rings (SSSR count). The molecular formula is C17H15Cl2N3O3. The zero-order chi connectivity index (χ0) is 18.4. The minimum atomic E-state index is -0.922. The number of carbonyl (C=O) groups excluding carboxylic acids is 2. The van der Waals surface area contributed by atoms with Crippen molar-refractivity contribution in [1.29, 1.82) is 0 Å². The Bertz CT molecular complexity index is 838. The standard InChI is InChI=1S/C17H15Cl2N3O3/c1-10-3-5-13(8-14(10)19)21-16(23)17(24)22-20-9-11-7-12(18)4-6-15(11)25-2/h3-9H,1-2H3,(H,21,23)(H,22,24)/b20-9-. The van der Waals surface area contributed by atoms with Gasteiger partial charge in [0.05, 0.1) is 13.3 Å². The molecule has 0 fully saturated rings. The quantitative estimate of drug-likeness (QED) is 0.485. The molecule has 25 heavy (non-hydrogen) atoms. The van der Waals surface area contributed by atoms with E-state index in [9.17, 15) is 9.59 Å². The van der Waals surface area contributed by atoms with Gasteiger partial charge in [-0.15, -0.1) is 0 Å². The van der Waals surface area contributed by atoms with E-state index < -0.39 is 11.8 Å². The van der Waals surface area contributed by atoms with E-state index in [1.807, 2.05) is 6.92 Å². The fraction of sp³-hybridized carbons (Fsp3) is 0.118. The van der Waals surface area contributed by atoms with Gasteiger partial charge in [0.25, 0.3) is 0 Å². The first-order valence-electron chi connectivity index (χ1n) is 7.15. The summed E-state index contributed by atoms with van der Waals surface area (Å²) in [7, 11) is 1.50. The van der Waals surface area contributed by atoms with Crippen LogP contribution in [0.5, 0.6) is 5.75 Å². The molecule has 0 aromatic heterocycles. The number of hydrogen-bond donors (Lipinski definition) is 2. The Morgan fingerprint density at radius 2 is 1.88 bits per heavy atom. The van der Waals surface area contributed by atoms with Gasteiger partial charge in [-0.2, -0.15) is 5.10 Å². The molecule has 0 aliphatic carbocycles. The summed E-state index contributed by atoms with van der Waals surface area (Å²) in [5.74, 6) is -1.26. The summed E-state index contributed by atoms with van der Waals surface area (Å²) in [4.78, 5) is 23.6. The average molecular weight is 380 g/mol. The van der Waals surface area contributed by atoms with Gasteiger partial charge in [0.2, 0.25) is 0 Å². The molecule has 0 unspecified atom stereocenters. The van der Waals surface area contributed by atoms with E-state index in [1.54, 1.807) is 36.4 Å². The van der Waals surface area contributed by atoms with E-state index in [1.165, 1.54) is 13.3 Å². The maximum atomic E-state index is 11.8. The topological polar surface area (TPSA) is 79.8 Å². The number of benzene rings is 2. The first-order valence-corrected chi connectivity index (χ1v) is 7.90. The molecule has 0 spiro atoms. The van der Waals surface area contributed by atoms with Crippen LogP contribution in [0.1, 0.15) is 11.1 Å². The lowest BCUT2D eigenvalue weighted by Gasteiger charge is -2.06. The number of amides is 2. The van der Waals surface area contributed by atoms with Crippen molar-refractivity contribution >= 4 is 46.9 Å². The number of ether oxygens (including phenoxy) is 1. The van der Waals surface area contributed by atoms with Crippen LogP contribution in [0, 0.1) is 6.92 Å². The van der Waals surface area contributed by atoms with Crippen molar-refractivity contribution in [2.45, 2.75) is 6.92 Å². The fourth-order valence-electron chi connectivity index (χ4n) is 1.88. The molecular weight excluding hydrogens is 365 g/mol. The molecule has 0 heterocycles. The predicted octanol–water partition coefficient (Wildman–Crippen LogP) is 3.40. The van der Waals surface area contributed by atoms with Crippen molar-refractivity contribution in [3.63, 3.8) is 0 Å². The fourth-order valence-corrected chi connectivity index (χ4v) is 2.24. The molecule has 0 aliphatic rings. The van der Waals surface area contributed by atoms with Gasteiger partial charge >= 0.3 is 11.8 Å². The molecule has 0 radical (unpaired) electrons. The van der Waals surface area contributed by atoms with Crippen LogP contribution in [0.25, 0.3) is 0 Å². The lowest BCUT2D eigenvalue weighted by atomic mass is 10.2. The zero-order valence-corrected chi connectivity index (χ0v) is 15.0. The van der Waals surface area contributed by atoms with Crippen molar-refractivity contribution in [1.82, 2.24) is 5.43 Å². The van der Waals surface area contributed by atoms with Crippen LogP contribution in [0.3, 0.4) is 0 Å². The second kappa shape index (κ2) is 8.50. The molecule has 0 aliphatic heterocycles. The number of halogens is 2. The Morgan fingerprint density at radius 1 is 1.12 bits per heavy atom. The lowest BCUT2D eigenvalue weighted by molar-refractivity contribution is -0.136. The minimum absolute atomic E-state index is 0.413. The van der Waals surface area contributed by atoms with Crippen LogP contribution in [0.2, 0.25) is 10.0 Å². The van der Waals surface area contributed by atoms with E-state index in [0.717, 1.165) is 5.56 Å². The van der Waals surface area contributed by atoms with Crippen LogP contribution in [-0.4, -0.2) is 25.1 Å². The van der Waals surface area contributed by atoms with Gasteiger partial charge in [0, 0.05) is 21.3 Å². The number of rotatable bonds is 4. The van der Waals surface area contributed by atoms with Gasteiger partial charge in [0.15, 0.2) is 0 Å². The normalized spacial score (nSPS) is 10.6. The summed E-state index contributed by atoms with van der Waals surface area (Å²) in [6.07, 6.45) is 1.33.